The van der Waals surface area contributed by atoms with Crippen LogP contribution in [0.1, 0.15) is 17.8 Å². The fourth-order valence-electron chi connectivity index (χ4n) is 3.28. The number of nitrogens with zero attached hydrogens (tertiary/aromatic N) is 6. The summed E-state index contributed by atoms with van der Waals surface area (Å²) in [6.07, 6.45) is -0.856. The van der Waals surface area contributed by atoms with Crippen molar-refractivity contribution in [3.63, 3.8) is 0 Å². The SMILES string of the molecule is OC(CS)Cc1nc(N2CCC(F)(F)C2)c2nnn(Cc3ccccc3Cl)c2n1. The number of rotatable bonds is 6. The molecule has 3 aromatic rings. The van der Waals surface area contributed by atoms with Crippen molar-refractivity contribution in [3.8, 4) is 0 Å². The van der Waals surface area contributed by atoms with E-state index in [0.717, 1.165) is 5.56 Å². The van der Waals surface area contributed by atoms with Gasteiger partial charge in [0.25, 0.3) is 5.92 Å². The summed E-state index contributed by atoms with van der Waals surface area (Å²) in [5.41, 5.74) is 1.58. The summed E-state index contributed by atoms with van der Waals surface area (Å²) in [6.45, 7) is 0.0352. The van der Waals surface area contributed by atoms with Crippen LogP contribution in [0, 0.1) is 0 Å². The first-order valence-corrected chi connectivity index (χ1v) is 10.1. The van der Waals surface area contributed by atoms with Gasteiger partial charge < -0.3 is 10.0 Å². The van der Waals surface area contributed by atoms with Crippen LogP contribution in [0.4, 0.5) is 14.6 Å². The molecule has 0 saturated carbocycles. The Kier molecular flexibility index (Phi) is 5.58. The van der Waals surface area contributed by atoms with E-state index in [4.69, 9.17) is 11.6 Å². The van der Waals surface area contributed by atoms with Gasteiger partial charge in [-0.25, -0.2) is 23.4 Å². The summed E-state index contributed by atoms with van der Waals surface area (Å²) in [5.74, 6) is -1.92. The number of thiol groups is 1. The lowest BCUT2D eigenvalue weighted by Gasteiger charge is -2.18. The number of alkyl halides is 2. The highest BCUT2D eigenvalue weighted by Gasteiger charge is 2.40. The van der Waals surface area contributed by atoms with Gasteiger partial charge >= 0.3 is 0 Å². The molecule has 2 aromatic heterocycles. The van der Waals surface area contributed by atoms with Crippen LogP contribution in [0.2, 0.25) is 5.02 Å². The van der Waals surface area contributed by atoms with E-state index in [2.05, 4.69) is 32.9 Å². The molecule has 1 aromatic carbocycles. The Hall–Kier alpha value is -2.04. The van der Waals surface area contributed by atoms with Gasteiger partial charge in [-0.1, -0.05) is 35.0 Å². The van der Waals surface area contributed by atoms with E-state index >= 15 is 0 Å². The molecule has 1 aliphatic rings. The van der Waals surface area contributed by atoms with Crippen molar-refractivity contribution in [2.45, 2.75) is 31.4 Å². The van der Waals surface area contributed by atoms with Gasteiger partial charge in [0.05, 0.1) is 19.2 Å². The third-order valence-electron chi connectivity index (χ3n) is 4.77. The van der Waals surface area contributed by atoms with Crippen molar-refractivity contribution < 1.29 is 13.9 Å². The van der Waals surface area contributed by atoms with Crippen molar-refractivity contribution >= 4 is 41.2 Å². The van der Waals surface area contributed by atoms with Gasteiger partial charge in [0.2, 0.25) is 0 Å². The van der Waals surface area contributed by atoms with Gasteiger partial charge in [-0.3, -0.25) is 0 Å². The molecular formula is C18H19ClF2N6OS. The molecule has 154 valence electrons. The van der Waals surface area contributed by atoms with Gasteiger partial charge in [-0.15, -0.1) is 5.10 Å². The minimum absolute atomic E-state index is 0.147. The summed E-state index contributed by atoms with van der Waals surface area (Å²) in [4.78, 5) is 10.4. The topological polar surface area (TPSA) is 80.0 Å². The van der Waals surface area contributed by atoms with Crippen LogP contribution in [0.15, 0.2) is 24.3 Å². The Bertz CT molecular complexity index is 1030. The Labute approximate surface area is 176 Å². The monoisotopic (exact) mass is 440 g/mol. The average molecular weight is 441 g/mol. The quantitative estimate of drug-likeness (QED) is 0.573. The standard InChI is InChI=1S/C18H19ClF2N6OS/c19-13-4-2-1-3-11(13)8-27-17-15(24-25-27)16(26-6-5-18(20,21)10-26)22-14(23-17)7-12(28)9-29/h1-4,12,28-29H,5-10H2. The van der Waals surface area contributed by atoms with Crippen LogP contribution in [-0.2, 0) is 13.0 Å². The minimum atomic E-state index is -2.78. The van der Waals surface area contributed by atoms with Gasteiger partial charge in [-0.2, -0.15) is 12.6 Å². The first-order valence-electron chi connectivity index (χ1n) is 9.11. The van der Waals surface area contributed by atoms with E-state index in [1.165, 1.54) is 4.90 Å². The van der Waals surface area contributed by atoms with E-state index in [0.29, 0.717) is 34.4 Å². The van der Waals surface area contributed by atoms with E-state index in [9.17, 15) is 13.9 Å². The van der Waals surface area contributed by atoms with Gasteiger partial charge in [-0.05, 0) is 11.6 Å². The fraction of sp³-hybridized carbons (Fsp3) is 0.444. The number of aromatic nitrogens is 5. The number of fused-ring (bicyclic) bond motifs is 1. The number of benzene rings is 1. The van der Waals surface area contributed by atoms with Crippen LogP contribution >= 0.6 is 24.2 Å². The molecule has 7 nitrogen and oxygen atoms in total. The Morgan fingerprint density at radius 1 is 1.28 bits per heavy atom. The van der Waals surface area contributed by atoms with E-state index < -0.39 is 18.6 Å². The van der Waals surface area contributed by atoms with E-state index in [1.54, 1.807) is 10.7 Å². The Morgan fingerprint density at radius 3 is 2.76 bits per heavy atom. The predicted molar refractivity (Wildman–Crippen MR) is 109 cm³/mol. The van der Waals surface area contributed by atoms with Crippen LogP contribution in [-0.4, -0.2) is 60.9 Å². The maximum Gasteiger partial charge on any atom is 0.266 e. The number of anilines is 1. The molecule has 1 fully saturated rings. The predicted octanol–water partition coefficient (Wildman–Crippen LogP) is 2.60. The second-order valence-electron chi connectivity index (χ2n) is 7.04. The summed E-state index contributed by atoms with van der Waals surface area (Å²) >= 11 is 10.3. The Morgan fingerprint density at radius 2 is 2.07 bits per heavy atom. The molecule has 11 heteroatoms. The first-order chi connectivity index (χ1) is 13.9. The highest BCUT2D eigenvalue weighted by atomic mass is 35.5. The molecule has 1 N–H and O–H groups in total. The zero-order valence-electron chi connectivity index (χ0n) is 15.3. The highest BCUT2D eigenvalue weighted by Crippen LogP contribution is 2.33. The Balaban J connectivity index is 1.78. The molecule has 1 atom stereocenters. The number of halogens is 3. The van der Waals surface area contributed by atoms with Crippen molar-refractivity contribution in [2.24, 2.45) is 0 Å². The summed E-state index contributed by atoms with van der Waals surface area (Å²) in [7, 11) is 0. The summed E-state index contributed by atoms with van der Waals surface area (Å²) < 4.78 is 29.1. The maximum absolute atomic E-state index is 13.8. The lowest BCUT2D eigenvalue weighted by atomic mass is 10.2. The smallest absolute Gasteiger partial charge is 0.266 e. The van der Waals surface area contributed by atoms with E-state index in [1.807, 2.05) is 18.2 Å². The lowest BCUT2D eigenvalue weighted by Crippen LogP contribution is -2.27. The van der Waals surface area contributed by atoms with Crippen LogP contribution < -0.4 is 4.90 Å². The second-order valence-corrected chi connectivity index (χ2v) is 7.81. The zero-order chi connectivity index (χ0) is 20.6. The largest absolute Gasteiger partial charge is 0.392 e. The third kappa shape index (κ3) is 4.29. The zero-order valence-corrected chi connectivity index (χ0v) is 17.0. The summed E-state index contributed by atoms with van der Waals surface area (Å²) in [5, 5.41) is 18.9. The molecule has 0 amide bonds. The van der Waals surface area contributed by atoms with Crippen molar-refractivity contribution in [2.75, 3.05) is 23.7 Å². The highest BCUT2D eigenvalue weighted by molar-refractivity contribution is 7.80. The number of hydrogen-bond donors (Lipinski definition) is 2. The fourth-order valence-corrected chi connectivity index (χ4v) is 3.61. The van der Waals surface area contributed by atoms with Crippen molar-refractivity contribution in [3.05, 3.63) is 40.7 Å². The van der Waals surface area contributed by atoms with Gasteiger partial charge in [0, 0.05) is 30.2 Å². The lowest BCUT2D eigenvalue weighted by molar-refractivity contribution is 0.0257. The molecule has 0 spiro atoms. The number of aliphatic hydroxyl groups is 1. The molecular weight excluding hydrogens is 422 g/mol. The first kappa shape index (κ1) is 20.2. The van der Waals surface area contributed by atoms with Crippen molar-refractivity contribution in [1.29, 1.82) is 0 Å². The molecule has 29 heavy (non-hydrogen) atoms. The molecule has 1 saturated heterocycles. The molecule has 0 radical (unpaired) electrons. The average Bonchev–Trinajstić information content (AvgIpc) is 3.26. The minimum Gasteiger partial charge on any atom is -0.392 e. The third-order valence-corrected chi connectivity index (χ3v) is 5.56. The second kappa shape index (κ2) is 8.00. The van der Waals surface area contributed by atoms with Crippen LogP contribution in [0.3, 0.4) is 0 Å². The molecule has 1 unspecified atom stereocenters. The molecule has 4 rings (SSSR count). The molecule has 3 heterocycles. The maximum atomic E-state index is 13.8. The van der Waals surface area contributed by atoms with E-state index in [-0.39, 0.29) is 25.1 Å². The van der Waals surface area contributed by atoms with Crippen LogP contribution in [0.25, 0.3) is 11.2 Å². The molecule has 0 aliphatic carbocycles. The van der Waals surface area contributed by atoms with Crippen LogP contribution in [0.5, 0.6) is 0 Å². The molecule has 0 bridgehead atoms. The number of aliphatic hydroxyl groups excluding tert-OH is 1. The van der Waals surface area contributed by atoms with Crippen molar-refractivity contribution in [1.82, 2.24) is 25.0 Å². The summed E-state index contributed by atoms with van der Waals surface area (Å²) in [6, 6.07) is 7.33. The molecule has 1 aliphatic heterocycles. The number of hydrogen-bond acceptors (Lipinski definition) is 7. The van der Waals surface area contributed by atoms with Gasteiger partial charge in [0.1, 0.15) is 5.82 Å². The normalized spacial score (nSPS) is 17.2. The van der Waals surface area contributed by atoms with Gasteiger partial charge in [0.15, 0.2) is 17.0 Å².